The van der Waals surface area contributed by atoms with Gasteiger partial charge in [-0.05, 0) is 0 Å². The highest BCUT2D eigenvalue weighted by Gasteiger charge is 1.57. The second-order valence-electron chi connectivity index (χ2n) is 0.358. The highest BCUT2D eigenvalue weighted by atomic mass is 15.5. The van der Waals surface area contributed by atoms with Gasteiger partial charge in [0, 0.05) is 4.91 Å². The zero-order chi connectivity index (χ0) is 4.83. The van der Waals surface area contributed by atoms with Crippen LogP contribution in [0.4, 0.5) is 0 Å². The van der Waals surface area contributed by atoms with Crippen molar-refractivity contribution in [2.24, 2.45) is 10.4 Å². The van der Waals surface area contributed by atoms with Gasteiger partial charge in [0.05, 0.1) is 5.22 Å². The van der Waals surface area contributed by atoms with Crippen molar-refractivity contribution in [1.82, 2.24) is 0 Å². The van der Waals surface area contributed by atoms with Crippen LogP contribution in [0.15, 0.2) is 10.4 Å². The molecule has 0 rings (SSSR count). The lowest BCUT2D eigenvalue weighted by Crippen LogP contribution is -1.23. The summed E-state index contributed by atoms with van der Waals surface area (Å²) < 4.78 is 0. The van der Waals surface area contributed by atoms with E-state index in [1.54, 1.807) is 0 Å². The average Bonchev–Trinajstić information content (AvgIpc) is 1.61. The fourth-order valence-electron chi connectivity index (χ4n) is 0.0358. The van der Waals surface area contributed by atoms with E-state index >= 15 is 0 Å². The maximum Gasteiger partial charge on any atom is 0.280 e. The second kappa shape index (κ2) is 3.62. The largest absolute Gasteiger partial charge is 0.280 e. The zero-order valence-electron chi connectivity index (χ0n) is 2.68. The zero-order valence-corrected chi connectivity index (χ0v) is 2.68. The van der Waals surface area contributed by atoms with Gasteiger partial charge in [-0.2, -0.15) is 4.91 Å². The van der Waals surface area contributed by atoms with Crippen molar-refractivity contribution in [3.63, 3.8) is 0 Å². The minimum atomic E-state index is 2.13. The molecule has 0 aliphatic carbocycles. The molecule has 6 heavy (non-hydrogen) atoms. The van der Waals surface area contributed by atoms with Gasteiger partial charge in [-0.1, -0.05) is 5.53 Å². The van der Waals surface area contributed by atoms with E-state index in [1.807, 2.05) is 0 Å². The Morgan fingerprint density at radius 1 is 1.00 bits per heavy atom. The summed E-state index contributed by atoms with van der Waals surface area (Å²) >= 11 is 0. The standard InChI is InChI=1S/N6/c1-3-5-6-4-2. The van der Waals surface area contributed by atoms with E-state index in [9.17, 15) is 0 Å². The van der Waals surface area contributed by atoms with Crippen LogP contribution in [0.1, 0.15) is 0 Å². The van der Waals surface area contributed by atoms with Crippen molar-refractivity contribution in [3.05, 3.63) is 20.9 Å². The highest BCUT2D eigenvalue weighted by Crippen LogP contribution is 1.67. The van der Waals surface area contributed by atoms with Gasteiger partial charge in [0.2, 0.25) is 0 Å². The molecular formula is N6. The molecule has 6 heteroatoms. The molecule has 0 saturated heterocycles. The molecule has 0 amide bonds. The average molecular weight is 84.0 g/mol. The van der Waals surface area contributed by atoms with E-state index in [0.29, 0.717) is 0 Å². The van der Waals surface area contributed by atoms with Gasteiger partial charge in [-0.15, -0.1) is 5.53 Å². The lowest BCUT2D eigenvalue weighted by Gasteiger charge is -1.38. The van der Waals surface area contributed by atoms with Gasteiger partial charge in [0.25, 0.3) is 5.22 Å². The van der Waals surface area contributed by atoms with E-state index in [2.05, 4.69) is 20.3 Å². The predicted molar refractivity (Wildman–Crippen MR) is 18.3 cm³/mol. The van der Waals surface area contributed by atoms with Crippen molar-refractivity contribution in [2.45, 2.75) is 0 Å². The van der Waals surface area contributed by atoms with Gasteiger partial charge < -0.3 is 0 Å². The molecule has 0 aromatic carbocycles. The van der Waals surface area contributed by atoms with Crippen LogP contribution < -0.4 is 0 Å². The normalized spacial score (nSPS) is 4.67. The van der Waals surface area contributed by atoms with Crippen molar-refractivity contribution >= 4 is 0 Å². The third-order valence-corrected chi connectivity index (χ3v) is 0.120. The SMILES string of the molecule is [N-]=[N+]=NN=[N+]=[N-]. The number of rotatable bonds is 1. The highest BCUT2D eigenvalue weighted by molar-refractivity contribution is 4.38. The summed E-state index contributed by atoms with van der Waals surface area (Å²) in [5, 5.41) is 4.96. The van der Waals surface area contributed by atoms with Crippen LogP contribution in [0.25, 0.3) is 20.9 Å². The minimum Gasteiger partial charge on any atom is -0.160 e. The summed E-state index contributed by atoms with van der Waals surface area (Å²) in [5.74, 6) is 0. The molecule has 0 saturated carbocycles. The fraction of sp³-hybridized carbons (Fsp3) is 0. The Morgan fingerprint density at radius 3 is 1.50 bits per heavy atom. The summed E-state index contributed by atoms with van der Waals surface area (Å²) in [6.07, 6.45) is 0. The van der Waals surface area contributed by atoms with Gasteiger partial charge in [-0.3, -0.25) is 0 Å². The maximum absolute atomic E-state index is 7.39. The van der Waals surface area contributed by atoms with Gasteiger partial charge in [0.15, 0.2) is 0 Å². The van der Waals surface area contributed by atoms with Crippen LogP contribution in [-0.4, -0.2) is 0 Å². The Balaban J connectivity index is 3.64. The van der Waals surface area contributed by atoms with Crippen LogP contribution in [0.2, 0.25) is 0 Å². The topological polar surface area (TPSA) is 97.5 Å². The van der Waals surface area contributed by atoms with Crippen molar-refractivity contribution in [3.8, 4) is 0 Å². The van der Waals surface area contributed by atoms with Crippen LogP contribution in [-0.2, 0) is 0 Å². The van der Waals surface area contributed by atoms with E-state index in [1.165, 1.54) is 0 Å². The van der Waals surface area contributed by atoms with Crippen LogP contribution in [0, 0.1) is 0 Å². The molecule has 0 aliphatic rings. The van der Waals surface area contributed by atoms with Crippen LogP contribution in [0.5, 0.6) is 0 Å². The number of nitrogens with zero attached hydrogens (tertiary/aromatic N) is 6. The van der Waals surface area contributed by atoms with Crippen molar-refractivity contribution in [2.75, 3.05) is 0 Å². The predicted octanol–water partition coefficient (Wildman–Crippen LogP) is 1.52. The molecule has 0 fully saturated rings. The van der Waals surface area contributed by atoms with Gasteiger partial charge >= 0.3 is 0 Å². The Bertz CT molecular complexity index is 92.0. The van der Waals surface area contributed by atoms with Gasteiger partial charge in [-0.25, -0.2) is 0 Å². The Labute approximate surface area is 32.6 Å². The molecule has 0 radical (unpaired) electrons. The number of azide groups is 2. The number of hydrogen-bond acceptors (Lipinski definition) is 0. The molecule has 0 spiro atoms. The Hall–Kier alpha value is -1.38. The monoisotopic (exact) mass is 84.0 g/mol. The van der Waals surface area contributed by atoms with Gasteiger partial charge in [0.1, 0.15) is 0 Å². The first-order valence-corrected chi connectivity index (χ1v) is 1.000. The third-order valence-electron chi connectivity index (χ3n) is 0.120. The molecule has 0 aromatic heterocycles. The third kappa shape index (κ3) is 2.62. The first-order valence-electron chi connectivity index (χ1n) is 1.000. The lowest BCUT2D eigenvalue weighted by atomic mass is 12.6. The minimum absolute atomic E-state index is 2.13. The Morgan fingerprint density at radius 2 is 1.33 bits per heavy atom. The first-order chi connectivity index (χ1) is 2.91. The molecule has 30 valence electrons. The molecule has 0 aliphatic heterocycles. The Kier molecular flexibility index (Phi) is 2.79. The summed E-state index contributed by atoms with van der Waals surface area (Å²) in [5.41, 5.74) is 14.8. The molecule has 0 aromatic rings. The molecule has 0 N–H and O–H groups in total. The number of hydrogen-bond donors (Lipinski definition) is 0. The molecular weight excluding hydrogens is 84.0 g/mol. The van der Waals surface area contributed by atoms with Crippen LogP contribution >= 0.6 is 0 Å². The fourth-order valence-corrected chi connectivity index (χ4v) is 0.0358. The summed E-state index contributed by atoms with van der Waals surface area (Å²) in [7, 11) is 0. The van der Waals surface area contributed by atoms with E-state index in [0.717, 1.165) is 0 Å². The van der Waals surface area contributed by atoms with E-state index in [4.69, 9.17) is 11.1 Å². The molecule has 0 heterocycles. The first kappa shape index (κ1) is 4.62. The quantitative estimate of drug-likeness (QED) is 0.199. The van der Waals surface area contributed by atoms with E-state index < -0.39 is 0 Å². The van der Waals surface area contributed by atoms with E-state index in [-0.39, 0.29) is 0 Å². The summed E-state index contributed by atoms with van der Waals surface area (Å²) in [6, 6.07) is 0. The molecule has 0 atom stereocenters. The van der Waals surface area contributed by atoms with Crippen molar-refractivity contribution < 1.29 is 0 Å². The summed E-state index contributed by atoms with van der Waals surface area (Å²) in [6.45, 7) is 0. The van der Waals surface area contributed by atoms with Crippen LogP contribution in [0.3, 0.4) is 0 Å². The smallest absolute Gasteiger partial charge is 0.160 e. The van der Waals surface area contributed by atoms with Crippen molar-refractivity contribution in [1.29, 1.82) is 0 Å². The maximum atomic E-state index is 7.39. The molecule has 0 bridgehead atoms. The second-order valence-corrected chi connectivity index (χ2v) is 0.358. The summed E-state index contributed by atoms with van der Waals surface area (Å²) in [4.78, 5) is 4.26. The lowest BCUT2D eigenvalue weighted by molar-refractivity contribution is 1.17. The molecule has 0 unspecified atom stereocenters. The molecule has 6 nitrogen and oxygen atoms in total.